The monoisotopic (exact) mass is 570 g/mol. The number of anilines is 1. The number of nitrogens with one attached hydrogen (secondary N) is 1. The van der Waals surface area contributed by atoms with Gasteiger partial charge in [0.2, 0.25) is 5.78 Å². The third-order valence-electron chi connectivity index (χ3n) is 8.63. The maximum absolute atomic E-state index is 14.1. The standard InChI is InChI=1S/C30H42N4O7/c1-29(2,3)8-9-32-13-15-12-18(33(4)5)16-10-14-11-17-22(34(6)7)25(37)21(28(31)40)27(39)30(17,41)26(38)19(14)24(36)20(16)23(15)35/h12,14,17,22,32,35,37-38,41H,8-11,13H2,1-7H3,(H2,31,40). The fourth-order valence-electron chi connectivity index (χ4n) is 6.57. The Morgan fingerprint density at radius 2 is 1.78 bits per heavy atom. The molecule has 0 saturated heterocycles. The summed E-state index contributed by atoms with van der Waals surface area (Å²) >= 11 is 0. The number of Topliss-reactive ketones (excluding diaryl/α,β-unsaturated/α-hetero) is 2. The summed E-state index contributed by atoms with van der Waals surface area (Å²) in [5.74, 6) is -6.53. The second kappa shape index (κ2) is 10.5. The van der Waals surface area contributed by atoms with Crippen molar-refractivity contribution in [3.63, 3.8) is 0 Å². The van der Waals surface area contributed by atoms with Crippen molar-refractivity contribution >= 4 is 23.2 Å². The average molecular weight is 571 g/mol. The first kappa shape index (κ1) is 30.5. The quantitative estimate of drug-likeness (QED) is 0.209. The molecule has 1 aromatic carbocycles. The van der Waals surface area contributed by atoms with Crippen LogP contribution in [0.2, 0.25) is 0 Å². The highest BCUT2D eigenvalue weighted by Gasteiger charge is 2.63. The molecule has 41 heavy (non-hydrogen) atoms. The molecule has 0 bridgehead atoms. The molecule has 0 aromatic heterocycles. The van der Waals surface area contributed by atoms with E-state index in [1.807, 2.05) is 25.1 Å². The highest BCUT2D eigenvalue weighted by atomic mass is 16.3. The summed E-state index contributed by atoms with van der Waals surface area (Å²) in [6.07, 6.45) is 1.20. The SMILES string of the molecule is CN(C)c1cc(CNCCC(C)(C)C)c(O)c2c1CC1CC3C(N(C)C)C(O)=C(C(N)=O)C(=O)C3(O)C(O)=C1C2=O. The van der Waals surface area contributed by atoms with E-state index in [0.717, 1.165) is 12.1 Å². The van der Waals surface area contributed by atoms with Gasteiger partial charge in [0.1, 0.15) is 22.8 Å². The van der Waals surface area contributed by atoms with Crippen LogP contribution in [0, 0.1) is 17.3 Å². The number of fused-ring (bicyclic) bond motifs is 3. The molecule has 0 spiro atoms. The number of amides is 1. The van der Waals surface area contributed by atoms with Crippen LogP contribution in [0.4, 0.5) is 5.69 Å². The molecule has 4 atom stereocenters. The van der Waals surface area contributed by atoms with Gasteiger partial charge < -0.3 is 36.4 Å². The number of aliphatic hydroxyl groups is 3. The van der Waals surface area contributed by atoms with Gasteiger partial charge in [0.15, 0.2) is 11.4 Å². The number of aromatic hydroxyl groups is 1. The van der Waals surface area contributed by atoms with Crippen molar-refractivity contribution in [3.8, 4) is 5.75 Å². The number of rotatable bonds is 7. The molecule has 0 radical (unpaired) electrons. The van der Waals surface area contributed by atoms with Crippen LogP contribution >= 0.6 is 0 Å². The van der Waals surface area contributed by atoms with Crippen molar-refractivity contribution in [2.75, 3.05) is 39.6 Å². The van der Waals surface area contributed by atoms with Crippen molar-refractivity contribution < 1.29 is 34.8 Å². The number of phenols is 1. The van der Waals surface area contributed by atoms with Gasteiger partial charge in [-0.05, 0) is 62.9 Å². The number of likely N-dealkylation sites (N-methyl/N-ethyl adjacent to an activating group) is 1. The minimum atomic E-state index is -2.66. The van der Waals surface area contributed by atoms with Gasteiger partial charge in [0, 0.05) is 43.4 Å². The van der Waals surface area contributed by atoms with E-state index < -0.39 is 58.0 Å². The predicted octanol–water partition coefficient (Wildman–Crippen LogP) is 1.71. The van der Waals surface area contributed by atoms with Gasteiger partial charge in [0.25, 0.3) is 5.91 Å². The number of ketones is 2. The van der Waals surface area contributed by atoms with Crippen LogP contribution in [0.15, 0.2) is 28.7 Å². The first-order chi connectivity index (χ1) is 18.9. The van der Waals surface area contributed by atoms with Crippen LogP contribution in [0.25, 0.3) is 0 Å². The van der Waals surface area contributed by atoms with Crippen molar-refractivity contribution in [2.24, 2.45) is 23.0 Å². The predicted molar refractivity (Wildman–Crippen MR) is 154 cm³/mol. The molecular formula is C30H42N4O7. The number of hydrogen-bond acceptors (Lipinski definition) is 10. The summed E-state index contributed by atoms with van der Waals surface area (Å²) in [6, 6.07) is 0.823. The Bertz CT molecular complexity index is 1370. The molecule has 7 N–H and O–H groups in total. The van der Waals surface area contributed by atoms with E-state index in [1.165, 1.54) is 4.90 Å². The lowest BCUT2D eigenvalue weighted by molar-refractivity contribution is -0.148. The first-order valence-electron chi connectivity index (χ1n) is 13.8. The summed E-state index contributed by atoms with van der Waals surface area (Å²) in [6.45, 7) is 7.40. The minimum absolute atomic E-state index is 0.0182. The lowest BCUT2D eigenvalue weighted by atomic mass is 9.58. The number of carbonyl (C=O) groups is 3. The minimum Gasteiger partial charge on any atom is -0.510 e. The second-order valence-corrected chi connectivity index (χ2v) is 13.1. The number of aliphatic hydroxyl groups excluding tert-OH is 2. The van der Waals surface area contributed by atoms with Crippen molar-refractivity contribution in [2.45, 2.75) is 58.2 Å². The molecule has 3 aliphatic rings. The average Bonchev–Trinajstić information content (AvgIpc) is 2.83. The van der Waals surface area contributed by atoms with Gasteiger partial charge in [0.05, 0.1) is 11.6 Å². The normalized spacial score (nSPS) is 26.2. The lowest BCUT2D eigenvalue weighted by Crippen LogP contribution is -2.63. The number of phenolic OH excluding ortho intramolecular Hbond substituents is 1. The fraction of sp³-hybridized carbons (Fsp3) is 0.567. The molecule has 0 heterocycles. The molecule has 224 valence electrons. The molecule has 0 saturated carbocycles. The van der Waals surface area contributed by atoms with Gasteiger partial charge in [-0.15, -0.1) is 0 Å². The van der Waals surface area contributed by atoms with E-state index in [0.29, 0.717) is 24.2 Å². The number of carbonyl (C=O) groups excluding carboxylic acids is 3. The maximum Gasteiger partial charge on any atom is 0.255 e. The second-order valence-electron chi connectivity index (χ2n) is 13.1. The molecule has 1 aromatic rings. The number of benzene rings is 1. The van der Waals surface area contributed by atoms with Crippen molar-refractivity contribution in [1.82, 2.24) is 10.2 Å². The third kappa shape index (κ3) is 4.89. The zero-order valence-corrected chi connectivity index (χ0v) is 24.8. The number of allylic oxidation sites excluding steroid dienone is 1. The van der Waals surface area contributed by atoms with Gasteiger partial charge in [-0.1, -0.05) is 20.8 Å². The van der Waals surface area contributed by atoms with Crippen molar-refractivity contribution in [3.05, 3.63) is 45.4 Å². The molecule has 11 heteroatoms. The van der Waals surface area contributed by atoms with Crippen LogP contribution in [0.3, 0.4) is 0 Å². The van der Waals surface area contributed by atoms with Crippen LogP contribution in [-0.4, -0.2) is 89.2 Å². The third-order valence-corrected chi connectivity index (χ3v) is 8.63. The fourth-order valence-corrected chi connectivity index (χ4v) is 6.57. The maximum atomic E-state index is 14.1. The highest BCUT2D eigenvalue weighted by Crippen LogP contribution is 2.53. The van der Waals surface area contributed by atoms with Crippen LogP contribution in [0.1, 0.15) is 55.1 Å². The van der Waals surface area contributed by atoms with Crippen LogP contribution in [-0.2, 0) is 22.6 Å². The number of hydrogen-bond donors (Lipinski definition) is 6. The molecule has 1 amide bonds. The summed E-state index contributed by atoms with van der Waals surface area (Å²) in [4.78, 5) is 43.1. The van der Waals surface area contributed by atoms with Gasteiger partial charge in [-0.3, -0.25) is 19.3 Å². The van der Waals surface area contributed by atoms with Crippen molar-refractivity contribution in [1.29, 1.82) is 0 Å². The summed E-state index contributed by atoms with van der Waals surface area (Å²) in [5.41, 5.74) is 3.74. The van der Waals surface area contributed by atoms with E-state index in [-0.39, 0.29) is 35.1 Å². The number of nitrogens with two attached hydrogens (primary N) is 1. The number of primary amides is 1. The summed E-state index contributed by atoms with van der Waals surface area (Å²) < 4.78 is 0. The lowest BCUT2D eigenvalue weighted by Gasteiger charge is -2.50. The molecule has 4 unspecified atom stereocenters. The van der Waals surface area contributed by atoms with E-state index in [2.05, 4.69) is 26.1 Å². The smallest absolute Gasteiger partial charge is 0.255 e. The molecule has 11 nitrogen and oxygen atoms in total. The zero-order chi connectivity index (χ0) is 30.8. The van der Waals surface area contributed by atoms with Gasteiger partial charge in [-0.2, -0.15) is 0 Å². The zero-order valence-electron chi connectivity index (χ0n) is 24.8. The Morgan fingerprint density at radius 3 is 2.32 bits per heavy atom. The number of nitrogens with zero attached hydrogens (tertiary/aromatic N) is 2. The topological polar surface area (TPSA) is 177 Å². The summed E-state index contributed by atoms with van der Waals surface area (Å²) in [7, 11) is 6.89. The van der Waals surface area contributed by atoms with Crippen LogP contribution in [0.5, 0.6) is 5.75 Å². The summed E-state index contributed by atoms with van der Waals surface area (Å²) in [5, 5.41) is 48.9. The molecule has 4 rings (SSSR count). The molecular weight excluding hydrogens is 528 g/mol. The molecule has 3 aliphatic carbocycles. The Hall–Kier alpha value is -3.41. The van der Waals surface area contributed by atoms with Gasteiger partial charge in [-0.25, -0.2) is 0 Å². The Kier molecular flexibility index (Phi) is 7.79. The Labute approximate surface area is 240 Å². The Balaban J connectivity index is 1.85. The van der Waals surface area contributed by atoms with E-state index in [1.54, 1.807) is 14.1 Å². The molecule has 0 fully saturated rings. The van der Waals surface area contributed by atoms with Gasteiger partial charge >= 0.3 is 0 Å². The molecule has 0 aliphatic heterocycles. The van der Waals surface area contributed by atoms with Crippen LogP contribution < -0.4 is 16.0 Å². The van der Waals surface area contributed by atoms with E-state index >= 15 is 0 Å². The largest absolute Gasteiger partial charge is 0.510 e. The first-order valence-corrected chi connectivity index (χ1v) is 13.8. The highest BCUT2D eigenvalue weighted by molar-refractivity contribution is 6.24. The van der Waals surface area contributed by atoms with E-state index in [4.69, 9.17) is 5.73 Å². The Morgan fingerprint density at radius 1 is 1.15 bits per heavy atom. The van der Waals surface area contributed by atoms with E-state index in [9.17, 15) is 34.8 Å².